The Kier molecular flexibility index (Phi) is 4.56. The number of rotatable bonds is 4. The normalized spacial score (nSPS) is 12.4. The Bertz CT molecular complexity index is 1190. The molecule has 0 saturated heterocycles. The Hall–Kier alpha value is -3.99. The van der Waals surface area contributed by atoms with E-state index in [-0.39, 0.29) is 11.3 Å². The Labute approximate surface area is 160 Å². The van der Waals surface area contributed by atoms with Gasteiger partial charge in [-0.1, -0.05) is 72.8 Å². The van der Waals surface area contributed by atoms with Crippen LogP contribution in [0.5, 0.6) is 0 Å². The van der Waals surface area contributed by atoms with Crippen LogP contribution in [0.25, 0.3) is 0 Å². The summed E-state index contributed by atoms with van der Waals surface area (Å²) in [6, 6.07) is 23.5. The SMILES string of the molecule is O=C1N=c2ccccc2=NC1=C(C(=O)c1ccccc1)C(=O)c1ccccc1. The number of nitrogens with zero attached hydrogens (tertiary/aromatic N) is 2. The number of ketones is 2. The molecule has 0 bridgehead atoms. The predicted octanol–water partition coefficient (Wildman–Crippen LogP) is 2.49. The van der Waals surface area contributed by atoms with Gasteiger partial charge in [-0.15, -0.1) is 0 Å². The summed E-state index contributed by atoms with van der Waals surface area (Å²) >= 11 is 0. The molecule has 0 fully saturated rings. The van der Waals surface area contributed by atoms with Crippen LogP contribution >= 0.6 is 0 Å². The van der Waals surface area contributed by atoms with Crippen molar-refractivity contribution in [3.05, 3.63) is 118 Å². The van der Waals surface area contributed by atoms with Crippen LogP contribution in [0.2, 0.25) is 0 Å². The molecule has 1 aliphatic rings. The van der Waals surface area contributed by atoms with Crippen LogP contribution in [0, 0.1) is 0 Å². The zero-order valence-corrected chi connectivity index (χ0v) is 14.7. The van der Waals surface area contributed by atoms with Crippen molar-refractivity contribution in [2.75, 3.05) is 0 Å². The fraction of sp³-hybridized carbons (Fsp3) is 0. The summed E-state index contributed by atoms with van der Waals surface area (Å²) < 4.78 is 0. The van der Waals surface area contributed by atoms with Gasteiger partial charge in [-0.25, -0.2) is 9.98 Å². The Balaban J connectivity index is 1.97. The number of carbonyl (C=O) groups excluding carboxylic acids is 3. The first-order valence-corrected chi connectivity index (χ1v) is 8.66. The smallest absolute Gasteiger partial charge is 0.288 e. The molecular weight excluding hydrogens is 352 g/mol. The number of allylic oxidation sites excluding steroid dienone is 1. The fourth-order valence-corrected chi connectivity index (χ4v) is 2.93. The molecule has 3 aromatic rings. The molecule has 0 aromatic heterocycles. The number of amides is 1. The molecule has 0 saturated carbocycles. The molecule has 3 aromatic carbocycles. The first-order valence-electron chi connectivity index (χ1n) is 8.66. The van der Waals surface area contributed by atoms with Gasteiger partial charge in [0.25, 0.3) is 5.91 Å². The summed E-state index contributed by atoms with van der Waals surface area (Å²) in [4.78, 5) is 47.3. The monoisotopic (exact) mass is 366 g/mol. The zero-order valence-electron chi connectivity index (χ0n) is 14.7. The van der Waals surface area contributed by atoms with Crippen LogP contribution in [-0.2, 0) is 4.79 Å². The maximum absolute atomic E-state index is 13.2. The summed E-state index contributed by atoms with van der Waals surface area (Å²) in [5.74, 6) is -1.82. The summed E-state index contributed by atoms with van der Waals surface area (Å²) in [6.45, 7) is 0. The average molecular weight is 366 g/mol. The maximum Gasteiger partial charge on any atom is 0.297 e. The number of Topliss-reactive ketones (excluding diaryl/α,β-unsaturated/α-hetero) is 2. The van der Waals surface area contributed by atoms with E-state index in [0.717, 1.165) is 0 Å². The van der Waals surface area contributed by atoms with Crippen LogP contribution in [0.4, 0.5) is 0 Å². The van der Waals surface area contributed by atoms with Gasteiger partial charge in [0, 0.05) is 11.1 Å². The number of carbonyl (C=O) groups is 3. The second kappa shape index (κ2) is 7.32. The largest absolute Gasteiger partial charge is 0.297 e. The van der Waals surface area contributed by atoms with Gasteiger partial charge in [-0.05, 0) is 12.1 Å². The van der Waals surface area contributed by atoms with E-state index in [1.165, 1.54) is 0 Å². The third kappa shape index (κ3) is 3.21. The van der Waals surface area contributed by atoms with Crippen molar-refractivity contribution < 1.29 is 14.4 Å². The molecule has 5 nitrogen and oxygen atoms in total. The molecule has 28 heavy (non-hydrogen) atoms. The quantitative estimate of drug-likeness (QED) is 0.308. The predicted molar refractivity (Wildman–Crippen MR) is 102 cm³/mol. The molecule has 4 rings (SSSR count). The number of benzene rings is 3. The molecule has 0 N–H and O–H groups in total. The number of fused-ring (bicyclic) bond motifs is 1. The van der Waals surface area contributed by atoms with Gasteiger partial charge >= 0.3 is 0 Å². The first kappa shape index (κ1) is 17.4. The standard InChI is InChI=1S/C23H14N2O3/c26-21(15-9-3-1-4-10-15)19(22(27)16-11-5-2-6-12-16)20-23(28)25-18-14-8-7-13-17(18)24-20/h1-14H. The van der Waals surface area contributed by atoms with Gasteiger partial charge in [-0.2, -0.15) is 0 Å². The van der Waals surface area contributed by atoms with E-state index in [0.29, 0.717) is 21.8 Å². The fourth-order valence-electron chi connectivity index (χ4n) is 2.93. The van der Waals surface area contributed by atoms with Crippen molar-refractivity contribution in [1.82, 2.24) is 0 Å². The van der Waals surface area contributed by atoms with Gasteiger partial charge in [0.1, 0.15) is 11.3 Å². The summed E-state index contributed by atoms with van der Waals surface area (Å²) in [5.41, 5.74) is 0.0920. The highest BCUT2D eigenvalue weighted by Gasteiger charge is 2.29. The molecule has 0 radical (unpaired) electrons. The first-order chi connectivity index (χ1) is 13.6. The highest BCUT2D eigenvalue weighted by molar-refractivity contribution is 6.33. The van der Waals surface area contributed by atoms with E-state index in [1.54, 1.807) is 84.9 Å². The minimum absolute atomic E-state index is 0.235. The van der Waals surface area contributed by atoms with Crippen molar-refractivity contribution in [3.63, 3.8) is 0 Å². The van der Waals surface area contributed by atoms with E-state index in [2.05, 4.69) is 9.98 Å². The highest BCUT2D eigenvalue weighted by Crippen LogP contribution is 2.20. The lowest BCUT2D eigenvalue weighted by Crippen LogP contribution is -2.32. The number of hydrogen-bond donors (Lipinski definition) is 0. The third-order valence-electron chi connectivity index (χ3n) is 4.30. The third-order valence-corrected chi connectivity index (χ3v) is 4.30. The lowest BCUT2D eigenvalue weighted by Gasteiger charge is -2.11. The second-order valence-corrected chi connectivity index (χ2v) is 6.13. The number of para-hydroxylation sites is 2. The molecule has 134 valence electrons. The zero-order chi connectivity index (χ0) is 19.5. The average Bonchev–Trinajstić information content (AvgIpc) is 2.75. The highest BCUT2D eigenvalue weighted by atomic mass is 16.2. The van der Waals surface area contributed by atoms with Gasteiger partial charge in [0.15, 0.2) is 11.6 Å². The van der Waals surface area contributed by atoms with Gasteiger partial charge in [0.05, 0.1) is 10.7 Å². The molecule has 0 atom stereocenters. The lowest BCUT2D eigenvalue weighted by molar-refractivity contribution is -0.114. The van der Waals surface area contributed by atoms with Gasteiger partial charge in [-0.3, -0.25) is 14.4 Å². The number of hydrogen-bond acceptors (Lipinski definition) is 4. The van der Waals surface area contributed by atoms with Crippen LogP contribution < -0.4 is 10.7 Å². The molecule has 5 heteroatoms. The minimum Gasteiger partial charge on any atom is -0.288 e. The van der Waals surface area contributed by atoms with E-state index in [1.807, 2.05) is 0 Å². The molecular formula is C23H14N2O3. The molecule has 1 amide bonds. The minimum atomic E-state index is -0.706. The van der Waals surface area contributed by atoms with Crippen molar-refractivity contribution in [2.45, 2.75) is 0 Å². The van der Waals surface area contributed by atoms with E-state index in [4.69, 9.17) is 0 Å². The Morgan fingerprint density at radius 1 is 0.571 bits per heavy atom. The molecule has 1 aliphatic heterocycles. The van der Waals surface area contributed by atoms with Crippen LogP contribution in [0.1, 0.15) is 20.7 Å². The van der Waals surface area contributed by atoms with Gasteiger partial charge in [0.2, 0.25) is 0 Å². The van der Waals surface area contributed by atoms with Crippen LogP contribution in [-0.4, -0.2) is 17.5 Å². The van der Waals surface area contributed by atoms with Crippen molar-refractivity contribution in [2.24, 2.45) is 9.98 Å². The second-order valence-electron chi connectivity index (χ2n) is 6.13. The molecule has 0 aliphatic carbocycles. The summed E-state index contributed by atoms with van der Waals surface area (Å²) in [6.07, 6.45) is 0. The van der Waals surface area contributed by atoms with Gasteiger partial charge < -0.3 is 0 Å². The Morgan fingerprint density at radius 2 is 1.00 bits per heavy atom. The lowest BCUT2D eigenvalue weighted by atomic mass is 9.93. The topological polar surface area (TPSA) is 75.9 Å². The summed E-state index contributed by atoms with van der Waals surface area (Å²) in [7, 11) is 0. The van der Waals surface area contributed by atoms with E-state index < -0.39 is 17.5 Å². The molecule has 0 unspecified atom stereocenters. The van der Waals surface area contributed by atoms with Crippen molar-refractivity contribution in [1.29, 1.82) is 0 Å². The van der Waals surface area contributed by atoms with Crippen LogP contribution in [0.3, 0.4) is 0 Å². The summed E-state index contributed by atoms with van der Waals surface area (Å²) in [5, 5.41) is 0.853. The van der Waals surface area contributed by atoms with Crippen LogP contribution in [0.15, 0.2) is 106 Å². The maximum atomic E-state index is 13.2. The molecule has 0 spiro atoms. The van der Waals surface area contributed by atoms with E-state index >= 15 is 0 Å². The van der Waals surface area contributed by atoms with Crippen molar-refractivity contribution >= 4 is 17.5 Å². The van der Waals surface area contributed by atoms with Crippen molar-refractivity contribution in [3.8, 4) is 0 Å². The molecule has 1 heterocycles. The van der Waals surface area contributed by atoms with E-state index in [9.17, 15) is 14.4 Å². The Morgan fingerprint density at radius 3 is 1.50 bits per heavy atom.